The molecule has 0 radical (unpaired) electrons. The molecule has 0 bridgehead atoms. The maximum absolute atomic E-state index is 13.4. The fourth-order valence-corrected chi connectivity index (χ4v) is 4.85. The molecule has 0 saturated heterocycles. The molecule has 2 N–H and O–H groups in total. The number of benzene rings is 3. The summed E-state index contributed by atoms with van der Waals surface area (Å²) in [5.74, 6) is -1.23. The lowest BCUT2D eigenvalue weighted by atomic mass is 9.95. The van der Waals surface area contributed by atoms with Crippen molar-refractivity contribution in [1.82, 2.24) is 9.88 Å². The first-order valence-corrected chi connectivity index (χ1v) is 12.3. The van der Waals surface area contributed by atoms with Crippen molar-refractivity contribution in [3.8, 4) is 5.75 Å². The molecule has 39 heavy (non-hydrogen) atoms. The minimum atomic E-state index is -0.995. The number of nitro groups is 1. The van der Waals surface area contributed by atoms with Crippen LogP contribution in [0.1, 0.15) is 22.7 Å². The Hall–Kier alpha value is -5.18. The summed E-state index contributed by atoms with van der Waals surface area (Å²) in [6.45, 7) is 0.152. The van der Waals surface area contributed by atoms with Crippen molar-refractivity contribution >= 4 is 34.4 Å². The van der Waals surface area contributed by atoms with Crippen LogP contribution >= 0.6 is 0 Å². The van der Waals surface area contributed by atoms with E-state index in [0.717, 1.165) is 22.0 Å². The number of fused-ring (bicyclic) bond motifs is 1. The number of nitro benzene ring substituents is 1. The molecule has 2 heterocycles. The second-order valence-corrected chi connectivity index (χ2v) is 9.10. The minimum absolute atomic E-state index is 0.117. The van der Waals surface area contributed by atoms with Crippen LogP contribution in [0.25, 0.3) is 17.0 Å². The molecule has 196 valence electrons. The summed E-state index contributed by atoms with van der Waals surface area (Å²) in [6, 6.07) is 19.6. The van der Waals surface area contributed by atoms with E-state index in [0.29, 0.717) is 17.7 Å². The number of nitrogens with one attached hydrogen (secondary N) is 1. The molecule has 0 fully saturated rings. The Labute approximate surface area is 223 Å². The van der Waals surface area contributed by atoms with Gasteiger partial charge < -0.3 is 19.7 Å². The van der Waals surface area contributed by atoms with E-state index in [1.807, 2.05) is 54.7 Å². The third-order valence-corrected chi connectivity index (χ3v) is 6.79. The molecule has 0 spiro atoms. The molecule has 0 aliphatic carbocycles. The van der Waals surface area contributed by atoms with E-state index in [-0.39, 0.29) is 17.8 Å². The first-order chi connectivity index (χ1) is 18.9. The van der Waals surface area contributed by atoms with E-state index < -0.39 is 28.4 Å². The quantitative estimate of drug-likeness (QED) is 0.174. The topological polar surface area (TPSA) is 126 Å². The van der Waals surface area contributed by atoms with E-state index in [9.17, 15) is 24.8 Å². The van der Waals surface area contributed by atoms with Crippen LogP contribution in [0.5, 0.6) is 5.75 Å². The molecule has 0 saturated carbocycles. The van der Waals surface area contributed by atoms with Crippen LogP contribution in [0, 0.1) is 10.1 Å². The van der Waals surface area contributed by atoms with Gasteiger partial charge in [0, 0.05) is 35.8 Å². The van der Waals surface area contributed by atoms with Gasteiger partial charge in [0.2, 0.25) is 0 Å². The molecule has 1 aliphatic rings. The van der Waals surface area contributed by atoms with Gasteiger partial charge in [0.15, 0.2) is 11.5 Å². The summed E-state index contributed by atoms with van der Waals surface area (Å²) in [5.41, 5.74) is 2.65. The zero-order valence-electron chi connectivity index (χ0n) is 21.0. The standard InChI is InChI=1S/C30H25N3O6/c1-39-23-11-12-25-24(17-23)21(18-31-25)14-15-32-28(20-8-5-9-22(16-20)33(37)38)27(29(35)30(32)36)26(34)13-10-19-6-3-2-4-7-19/h2-13,16-18,28,31,35H,14-15H2,1H3/b13-10+/t28-/m1/s1. The van der Waals surface area contributed by atoms with Crippen molar-refractivity contribution < 1.29 is 24.4 Å². The Morgan fingerprint density at radius 3 is 2.67 bits per heavy atom. The van der Waals surface area contributed by atoms with Crippen molar-refractivity contribution in [2.75, 3.05) is 13.7 Å². The zero-order chi connectivity index (χ0) is 27.5. The number of aliphatic hydroxyl groups is 1. The number of aliphatic hydroxyl groups excluding tert-OH is 1. The summed E-state index contributed by atoms with van der Waals surface area (Å²) in [4.78, 5) is 42.2. The number of aromatic nitrogens is 1. The Kier molecular flexibility index (Phi) is 6.96. The van der Waals surface area contributed by atoms with Gasteiger partial charge in [0.1, 0.15) is 5.75 Å². The lowest BCUT2D eigenvalue weighted by molar-refractivity contribution is -0.384. The number of H-pyrrole nitrogens is 1. The van der Waals surface area contributed by atoms with Gasteiger partial charge in [-0.15, -0.1) is 0 Å². The molecule has 9 nitrogen and oxygen atoms in total. The number of methoxy groups -OCH3 is 1. The highest BCUT2D eigenvalue weighted by Crippen LogP contribution is 2.39. The normalized spacial score (nSPS) is 15.5. The van der Waals surface area contributed by atoms with Crippen molar-refractivity contribution in [2.45, 2.75) is 12.5 Å². The number of nitrogens with zero attached hydrogens (tertiary/aromatic N) is 2. The summed E-state index contributed by atoms with van der Waals surface area (Å²) < 4.78 is 5.34. The number of hydrogen-bond acceptors (Lipinski definition) is 6. The second-order valence-electron chi connectivity index (χ2n) is 9.10. The second kappa shape index (κ2) is 10.7. The third-order valence-electron chi connectivity index (χ3n) is 6.79. The molecule has 4 aromatic rings. The number of aromatic amines is 1. The van der Waals surface area contributed by atoms with Crippen LogP contribution < -0.4 is 4.74 Å². The molecule has 9 heteroatoms. The summed E-state index contributed by atoms with van der Waals surface area (Å²) in [5, 5.41) is 23.3. The molecular weight excluding hydrogens is 498 g/mol. The van der Waals surface area contributed by atoms with Crippen LogP contribution in [-0.4, -0.2) is 45.3 Å². The monoisotopic (exact) mass is 523 g/mol. The number of allylic oxidation sites excluding steroid dienone is 1. The predicted octanol–water partition coefficient (Wildman–Crippen LogP) is 5.31. The highest BCUT2D eigenvalue weighted by atomic mass is 16.6. The molecule has 3 aromatic carbocycles. The fraction of sp³-hybridized carbons (Fsp3) is 0.133. The Morgan fingerprint density at radius 2 is 1.92 bits per heavy atom. The van der Waals surface area contributed by atoms with E-state index >= 15 is 0 Å². The number of non-ortho nitro benzene ring substituents is 1. The average molecular weight is 524 g/mol. The van der Waals surface area contributed by atoms with Crippen molar-refractivity contribution in [2.24, 2.45) is 0 Å². The third kappa shape index (κ3) is 5.02. The molecular formula is C30H25N3O6. The largest absolute Gasteiger partial charge is 0.503 e. The molecule has 1 amide bonds. The van der Waals surface area contributed by atoms with Crippen LogP contribution in [-0.2, 0) is 16.0 Å². The van der Waals surface area contributed by atoms with E-state index in [1.54, 1.807) is 19.3 Å². The number of ether oxygens (including phenoxy) is 1. The van der Waals surface area contributed by atoms with Gasteiger partial charge >= 0.3 is 0 Å². The first kappa shape index (κ1) is 25.5. The number of hydrogen-bond donors (Lipinski definition) is 2. The minimum Gasteiger partial charge on any atom is -0.503 e. The van der Waals surface area contributed by atoms with E-state index in [2.05, 4.69) is 4.98 Å². The van der Waals surface area contributed by atoms with Crippen LogP contribution in [0.3, 0.4) is 0 Å². The van der Waals surface area contributed by atoms with E-state index in [1.165, 1.54) is 29.2 Å². The van der Waals surface area contributed by atoms with Gasteiger partial charge in [-0.2, -0.15) is 0 Å². The van der Waals surface area contributed by atoms with Crippen molar-refractivity contribution in [1.29, 1.82) is 0 Å². The van der Waals surface area contributed by atoms with Crippen LogP contribution in [0.4, 0.5) is 5.69 Å². The Bertz CT molecular complexity index is 1640. The van der Waals surface area contributed by atoms with Crippen LogP contribution in [0.15, 0.2) is 96.4 Å². The molecule has 5 rings (SSSR count). The summed E-state index contributed by atoms with van der Waals surface area (Å²) in [6.07, 6.45) is 5.14. The smallest absolute Gasteiger partial charge is 0.290 e. The number of rotatable bonds is 9. The lowest BCUT2D eigenvalue weighted by Crippen LogP contribution is -2.33. The highest BCUT2D eigenvalue weighted by molar-refractivity contribution is 6.14. The first-order valence-electron chi connectivity index (χ1n) is 12.3. The van der Waals surface area contributed by atoms with Gasteiger partial charge in [-0.3, -0.25) is 19.7 Å². The van der Waals surface area contributed by atoms with Crippen molar-refractivity contribution in [3.05, 3.63) is 123 Å². The highest BCUT2D eigenvalue weighted by Gasteiger charge is 2.43. The number of amides is 1. The maximum atomic E-state index is 13.4. The molecule has 1 aliphatic heterocycles. The van der Waals surface area contributed by atoms with Gasteiger partial charge in [-0.1, -0.05) is 48.5 Å². The molecule has 1 aromatic heterocycles. The number of carbonyl (C=O) groups excluding carboxylic acids is 2. The Morgan fingerprint density at radius 1 is 1.13 bits per heavy atom. The zero-order valence-corrected chi connectivity index (χ0v) is 21.0. The summed E-state index contributed by atoms with van der Waals surface area (Å²) >= 11 is 0. The Balaban J connectivity index is 1.50. The van der Waals surface area contributed by atoms with Crippen LogP contribution in [0.2, 0.25) is 0 Å². The summed E-state index contributed by atoms with van der Waals surface area (Å²) in [7, 11) is 1.58. The van der Waals surface area contributed by atoms with Gasteiger partial charge in [0.25, 0.3) is 11.6 Å². The number of ketones is 1. The SMILES string of the molecule is COc1ccc2[nH]cc(CCN3C(=O)C(O)=C(C(=O)/C=C/c4ccccc4)[C@H]3c3cccc([N+](=O)[O-])c3)c2c1. The van der Waals surface area contributed by atoms with Crippen molar-refractivity contribution in [3.63, 3.8) is 0 Å². The fourth-order valence-electron chi connectivity index (χ4n) is 4.85. The average Bonchev–Trinajstić information content (AvgIpc) is 3.48. The maximum Gasteiger partial charge on any atom is 0.290 e. The van der Waals surface area contributed by atoms with Gasteiger partial charge in [-0.05, 0) is 47.4 Å². The predicted molar refractivity (Wildman–Crippen MR) is 146 cm³/mol. The molecule has 0 unspecified atom stereocenters. The lowest BCUT2D eigenvalue weighted by Gasteiger charge is -2.26. The van der Waals surface area contributed by atoms with E-state index in [4.69, 9.17) is 4.74 Å². The van der Waals surface area contributed by atoms with Gasteiger partial charge in [0.05, 0.1) is 23.6 Å². The van der Waals surface area contributed by atoms with Gasteiger partial charge in [-0.25, -0.2) is 0 Å². The molecule has 1 atom stereocenters. The number of carbonyl (C=O) groups is 2.